The topological polar surface area (TPSA) is 83.5 Å². The van der Waals surface area contributed by atoms with Crippen molar-refractivity contribution in [3.8, 4) is 0 Å². The van der Waals surface area contributed by atoms with Crippen molar-refractivity contribution in [3.05, 3.63) is 58.6 Å². The molecule has 0 aliphatic rings. The smallest absolute Gasteiger partial charge is 0.315 e. The maximum absolute atomic E-state index is 13.6. The van der Waals surface area contributed by atoms with Crippen LogP contribution in [-0.4, -0.2) is 22.5 Å². The van der Waals surface area contributed by atoms with Gasteiger partial charge in [-0.25, -0.2) is 9.82 Å². The van der Waals surface area contributed by atoms with Crippen LogP contribution in [0.25, 0.3) is 0 Å². The summed E-state index contributed by atoms with van der Waals surface area (Å²) in [5.41, 5.74) is 3.28. The molecule has 8 heteroatoms. The second kappa shape index (κ2) is 7.59. The van der Waals surface area contributed by atoms with Gasteiger partial charge in [0.1, 0.15) is 5.82 Å². The Morgan fingerprint density at radius 3 is 2.52 bits per heavy atom. The van der Waals surface area contributed by atoms with Gasteiger partial charge in [0.15, 0.2) is 0 Å². The number of nitrogens with zero attached hydrogens (tertiary/aromatic N) is 2. The van der Waals surface area contributed by atoms with Crippen molar-refractivity contribution in [1.29, 1.82) is 0 Å². The molecule has 0 saturated heterocycles. The fourth-order valence-corrected chi connectivity index (χ4v) is 1.95. The number of hydrogen-bond acceptors (Lipinski definition) is 4. The number of hydrazone groups is 1. The minimum absolute atomic E-state index is 0.0943. The highest BCUT2D eigenvalue weighted by molar-refractivity contribution is 9.10. The lowest BCUT2D eigenvalue weighted by atomic mass is 10.2. The Kier molecular flexibility index (Phi) is 5.53. The first-order valence-electron chi connectivity index (χ1n) is 6.48. The lowest BCUT2D eigenvalue weighted by molar-refractivity contribution is -0.136. The maximum Gasteiger partial charge on any atom is 0.329 e. The van der Waals surface area contributed by atoms with E-state index >= 15 is 0 Å². The van der Waals surface area contributed by atoms with Gasteiger partial charge in [-0.05, 0) is 37.3 Å². The average molecular weight is 379 g/mol. The predicted octanol–water partition coefficient (Wildman–Crippen LogP) is 2.46. The van der Waals surface area contributed by atoms with Crippen LogP contribution in [0.5, 0.6) is 0 Å². The Morgan fingerprint density at radius 2 is 1.87 bits per heavy atom. The van der Waals surface area contributed by atoms with Crippen LogP contribution < -0.4 is 10.7 Å². The van der Waals surface area contributed by atoms with Crippen LogP contribution >= 0.6 is 15.9 Å². The SMILES string of the molecule is C/C(=N\NC(=O)C(=O)Nc1ccc(Br)cc1F)c1ccncc1. The van der Waals surface area contributed by atoms with Gasteiger partial charge >= 0.3 is 11.8 Å². The molecule has 1 aromatic carbocycles. The standard InChI is InChI=1S/C15H12BrFN4O2/c1-9(10-4-6-18-7-5-10)20-21-15(23)14(22)19-13-3-2-11(16)8-12(13)17/h2-8H,1H3,(H,19,22)(H,21,23)/b20-9+. The van der Waals surface area contributed by atoms with Crippen molar-refractivity contribution in [2.45, 2.75) is 6.92 Å². The Hall–Kier alpha value is -2.61. The minimum Gasteiger partial charge on any atom is -0.315 e. The summed E-state index contributed by atoms with van der Waals surface area (Å²) >= 11 is 3.10. The number of halogens is 2. The number of nitrogens with one attached hydrogen (secondary N) is 2. The molecule has 0 fully saturated rings. The van der Waals surface area contributed by atoms with Gasteiger partial charge in [0.05, 0.1) is 11.4 Å². The summed E-state index contributed by atoms with van der Waals surface area (Å²) in [6, 6.07) is 7.49. The molecule has 0 unspecified atom stereocenters. The molecular formula is C15H12BrFN4O2. The molecule has 2 rings (SSSR count). The third kappa shape index (κ3) is 4.68. The van der Waals surface area contributed by atoms with Crippen LogP contribution in [0.2, 0.25) is 0 Å². The van der Waals surface area contributed by atoms with Gasteiger partial charge in [-0.3, -0.25) is 14.6 Å². The second-order valence-electron chi connectivity index (χ2n) is 4.45. The van der Waals surface area contributed by atoms with E-state index in [1.54, 1.807) is 37.5 Å². The van der Waals surface area contributed by atoms with Crippen LogP contribution in [0.1, 0.15) is 12.5 Å². The molecule has 2 amide bonds. The number of carbonyl (C=O) groups is 2. The quantitative estimate of drug-likeness (QED) is 0.488. The molecule has 0 atom stereocenters. The molecule has 118 valence electrons. The average Bonchev–Trinajstić information content (AvgIpc) is 2.55. The Bertz CT molecular complexity index is 765. The van der Waals surface area contributed by atoms with E-state index in [0.29, 0.717) is 10.2 Å². The zero-order chi connectivity index (χ0) is 16.8. The third-order valence-corrected chi connectivity index (χ3v) is 3.30. The Labute approximate surface area is 139 Å². The van der Waals surface area contributed by atoms with Gasteiger partial charge in [-0.15, -0.1) is 0 Å². The fourth-order valence-electron chi connectivity index (χ4n) is 1.61. The fraction of sp³-hybridized carbons (Fsp3) is 0.0667. The number of aromatic nitrogens is 1. The highest BCUT2D eigenvalue weighted by Crippen LogP contribution is 2.19. The summed E-state index contributed by atoms with van der Waals surface area (Å²) in [7, 11) is 0. The molecule has 1 aromatic heterocycles. The van der Waals surface area contributed by atoms with Crippen LogP contribution in [0.15, 0.2) is 52.3 Å². The van der Waals surface area contributed by atoms with E-state index in [4.69, 9.17) is 0 Å². The van der Waals surface area contributed by atoms with E-state index in [2.05, 4.69) is 36.8 Å². The van der Waals surface area contributed by atoms with Crippen molar-refractivity contribution >= 4 is 39.1 Å². The van der Waals surface area contributed by atoms with Gasteiger partial charge in [-0.2, -0.15) is 5.10 Å². The van der Waals surface area contributed by atoms with Crippen LogP contribution in [-0.2, 0) is 9.59 Å². The largest absolute Gasteiger partial charge is 0.329 e. The molecule has 1 heterocycles. The van der Waals surface area contributed by atoms with Gasteiger partial charge in [0, 0.05) is 22.4 Å². The predicted molar refractivity (Wildman–Crippen MR) is 87.3 cm³/mol. The van der Waals surface area contributed by atoms with Gasteiger partial charge in [0.25, 0.3) is 0 Å². The van der Waals surface area contributed by atoms with E-state index < -0.39 is 17.6 Å². The molecule has 0 spiro atoms. The van der Waals surface area contributed by atoms with Crippen molar-refractivity contribution in [2.75, 3.05) is 5.32 Å². The number of benzene rings is 1. The van der Waals surface area contributed by atoms with E-state index in [1.807, 2.05) is 0 Å². The Balaban J connectivity index is 1.99. The molecule has 0 radical (unpaired) electrons. The molecule has 2 aromatic rings. The maximum atomic E-state index is 13.6. The van der Waals surface area contributed by atoms with E-state index in [1.165, 1.54) is 12.1 Å². The normalized spacial score (nSPS) is 11.0. The molecule has 0 saturated carbocycles. The molecule has 0 aliphatic heterocycles. The van der Waals surface area contributed by atoms with Crippen molar-refractivity contribution in [1.82, 2.24) is 10.4 Å². The van der Waals surface area contributed by atoms with Crippen LogP contribution in [0.3, 0.4) is 0 Å². The highest BCUT2D eigenvalue weighted by atomic mass is 79.9. The summed E-state index contributed by atoms with van der Waals surface area (Å²) < 4.78 is 14.1. The molecule has 6 nitrogen and oxygen atoms in total. The number of rotatable bonds is 3. The van der Waals surface area contributed by atoms with Crippen molar-refractivity contribution in [2.24, 2.45) is 5.10 Å². The third-order valence-electron chi connectivity index (χ3n) is 2.81. The minimum atomic E-state index is -1.02. The molecule has 0 aliphatic carbocycles. The van der Waals surface area contributed by atoms with Crippen molar-refractivity contribution < 1.29 is 14.0 Å². The summed E-state index contributed by atoms with van der Waals surface area (Å²) in [6.45, 7) is 1.67. The van der Waals surface area contributed by atoms with E-state index in [9.17, 15) is 14.0 Å². The second-order valence-corrected chi connectivity index (χ2v) is 5.37. The molecular weight excluding hydrogens is 367 g/mol. The monoisotopic (exact) mass is 378 g/mol. The lowest BCUT2D eigenvalue weighted by Gasteiger charge is -2.06. The summed E-state index contributed by atoms with van der Waals surface area (Å²) in [5, 5.41) is 6.00. The molecule has 2 N–H and O–H groups in total. The first-order chi connectivity index (χ1) is 11.0. The van der Waals surface area contributed by atoms with Crippen LogP contribution in [0, 0.1) is 5.82 Å². The van der Waals surface area contributed by atoms with Gasteiger partial charge < -0.3 is 5.32 Å². The number of anilines is 1. The summed E-state index contributed by atoms with van der Waals surface area (Å²) in [5.74, 6) is -2.67. The number of amides is 2. The summed E-state index contributed by atoms with van der Waals surface area (Å²) in [6.07, 6.45) is 3.17. The summed E-state index contributed by atoms with van der Waals surface area (Å²) in [4.78, 5) is 27.3. The molecule has 0 bridgehead atoms. The van der Waals surface area contributed by atoms with Gasteiger partial charge in [-0.1, -0.05) is 15.9 Å². The van der Waals surface area contributed by atoms with E-state index in [-0.39, 0.29) is 5.69 Å². The first-order valence-corrected chi connectivity index (χ1v) is 7.27. The first kappa shape index (κ1) is 16.8. The number of hydrogen-bond donors (Lipinski definition) is 2. The van der Waals surface area contributed by atoms with Crippen LogP contribution in [0.4, 0.5) is 10.1 Å². The van der Waals surface area contributed by atoms with E-state index in [0.717, 1.165) is 5.56 Å². The lowest BCUT2D eigenvalue weighted by Crippen LogP contribution is -2.33. The Morgan fingerprint density at radius 1 is 1.17 bits per heavy atom. The molecule has 23 heavy (non-hydrogen) atoms. The zero-order valence-corrected chi connectivity index (χ0v) is 13.6. The number of carbonyl (C=O) groups excluding carboxylic acids is 2. The zero-order valence-electron chi connectivity index (χ0n) is 12.0. The number of pyridine rings is 1. The highest BCUT2D eigenvalue weighted by Gasteiger charge is 2.15. The van der Waals surface area contributed by atoms with Crippen molar-refractivity contribution in [3.63, 3.8) is 0 Å². The van der Waals surface area contributed by atoms with Gasteiger partial charge in [0.2, 0.25) is 0 Å².